The molecular weight excluding hydrogens is 260 g/mol. The monoisotopic (exact) mass is 282 g/mol. The molecule has 2 N–H and O–H groups in total. The number of hydrogen-bond donors (Lipinski definition) is 2. The molecule has 0 aliphatic heterocycles. The van der Waals surface area contributed by atoms with Crippen molar-refractivity contribution in [3.63, 3.8) is 0 Å². The highest BCUT2D eigenvalue weighted by atomic mass is 15.1. The number of H-pyrrole nitrogens is 1. The van der Waals surface area contributed by atoms with Gasteiger partial charge in [0.05, 0.1) is 11.9 Å². The summed E-state index contributed by atoms with van der Waals surface area (Å²) in [5, 5.41) is 10.8. The van der Waals surface area contributed by atoms with Crippen LogP contribution in [-0.4, -0.2) is 21.7 Å². The number of aromatic nitrogens is 3. The van der Waals surface area contributed by atoms with Gasteiger partial charge in [0.25, 0.3) is 0 Å². The Kier molecular flexibility index (Phi) is 4.79. The molecule has 0 radical (unpaired) electrons. The molecule has 1 aliphatic rings. The maximum absolute atomic E-state index is 4.16. The zero-order valence-corrected chi connectivity index (χ0v) is 12.3. The van der Waals surface area contributed by atoms with Crippen LogP contribution in [0.15, 0.2) is 42.4 Å². The predicted molar refractivity (Wildman–Crippen MR) is 84.7 cm³/mol. The first-order chi connectivity index (χ1) is 10.4. The lowest BCUT2D eigenvalue weighted by Crippen LogP contribution is -2.15. The molecule has 0 spiro atoms. The molecule has 1 aliphatic carbocycles. The minimum absolute atomic E-state index is 0.841. The summed E-state index contributed by atoms with van der Waals surface area (Å²) >= 11 is 0. The molecule has 4 nitrogen and oxygen atoms in total. The molecule has 0 amide bonds. The van der Waals surface area contributed by atoms with Gasteiger partial charge in [-0.2, -0.15) is 5.10 Å². The SMILES string of the molecule is C1=C(CCNCc2cn[nH]c2-c2cccnc2)CCCC1. The summed E-state index contributed by atoms with van der Waals surface area (Å²) in [7, 11) is 0. The Morgan fingerprint density at radius 2 is 2.24 bits per heavy atom. The van der Waals surface area contributed by atoms with Crippen LogP contribution in [-0.2, 0) is 6.54 Å². The summed E-state index contributed by atoms with van der Waals surface area (Å²) in [6.45, 7) is 1.87. The van der Waals surface area contributed by atoms with Crippen LogP contribution in [0.4, 0.5) is 0 Å². The zero-order chi connectivity index (χ0) is 14.3. The molecule has 2 heterocycles. The Hall–Kier alpha value is -1.94. The number of nitrogens with one attached hydrogen (secondary N) is 2. The Bertz CT molecular complexity index is 586. The molecule has 0 saturated carbocycles. The summed E-state index contributed by atoms with van der Waals surface area (Å²) in [4.78, 5) is 4.16. The molecule has 2 aromatic rings. The van der Waals surface area contributed by atoms with Gasteiger partial charge >= 0.3 is 0 Å². The highest BCUT2D eigenvalue weighted by Gasteiger charge is 2.08. The molecular formula is C17H22N4. The molecule has 0 saturated heterocycles. The lowest BCUT2D eigenvalue weighted by Gasteiger charge is -2.13. The van der Waals surface area contributed by atoms with E-state index in [2.05, 4.69) is 32.6 Å². The van der Waals surface area contributed by atoms with Crippen molar-refractivity contribution in [2.24, 2.45) is 0 Å². The molecule has 0 fully saturated rings. The number of pyridine rings is 1. The zero-order valence-electron chi connectivity index (χ0n) is 12.3. The molecule has 0 bridgehead atoms. The van der Waals surface area contributed by atoms with Gasteiger partial charge in [-0.15, -0.1) is 0 Å². The van der Waals surface area contributed by atoms with Crippen LogP contribution >= 0.6 is 0 Å². The third kappa shape index (κ3) is 3.79. The van der Waals surface area contributed by atoms with Gasteiger partial charge in [-0.1, -0.05) is 11.6 Å². The molecule has 21 heavy (non-hydrogen) atoms. The maximum atomic E-state index is 4.16. The summed E-state index contributed by atoms with van der Waals surface area (Å²) in [5.74, 6) is 0. The highest BCUT2D eigenvalue weighted by molar-refractivity contribution is 5.61. The van der Waals surface area contributed by atoms with Crippen LogP contribution in [0.2, 0.25) is 0 Å². The average Bonchev–Trinajstić information content (AvgIpc) is 3.02. The summed E-state index contributed by atoms with van der Waals surface area (Å²) < 4.78 is 0. The van der Waals surface area contributed by atoms with Gasteiger partial charge in [-0.05, 0) is 50.8 Å². The van der Waals surface area contributed by atoms with Gasteiger partial charge in [0.15, 0.2) is 0 Å². The Morgan fingerprint density at radius 3 is 3.05 bits per heavy atom. The van der Waals surface area contributed by atoms with E-state index in [1.165, 1.54) is 37.7 Å². The second-order valence-electron chi connectivity index (χ2n) is 5.55. The largest absolute Gasteiger partial charge is 0.312 e. The lowest BCUT2D eigenvalue weighted by atomic mass is 9.97. The van der Waals surface area contributed by atoms with Crippen LogP contribution < -0.4 is 5.32 Å². The topological polar surface area (TPSA) is 53.6 Å². The van der Waals surface area contributed by atoms with Crippen LogP contribution in [0.5, 0.6) is 0 Å². The second-order valence-corrected chi connectivity index (χ2v) is 5.55. The molecule has 110 valence electrons. The standard InChI is InChI=1S/C17H22N4/c1-2-5-14(6-3-1)8-10-19-12-16-13-20-21-17(16)15-7-4-9-18-11-15/h4-5,7,9,11,13,19H,1-3,6,8,10,12H2,(H,20,21). The van der Waals surface area contributed by atoms with Crippen molar-refractivity contribution < 1.29 is 0 Å². The van der Waals surface area contributed by atoms with Gasteiger partial charge in [-0.3, -0.25) is 10.1 Å². The molecule has 2 aromatic heterocycles. The van der Waals surface area contributed by atoms with Crippen molar-refractivity contribution in [2.75, 3.05) is 6.54 Å². The molecule has 0 aromatic carbocycles. The lowest BCUT2D eigenvalue weighted by molar-refractivity contribution is 0.633. The first-order valence-electron chi connectivity index (χ1n) is 7.75. The number of allylic oxidation sites excluding steroid dienone is 1. The van der Waals surface area contributed by atoms with Crippen LogP contribution in [0, 0.1) is 0 Å². The molecule has 4 heteroatoms. The Labute approximate surface area is 125 Å². The Balaban J connectivity index is 1.52. The van der Waals surface area contributed by atoms with Crippen LogP contribution in [0.3, 0.4) is 0 Å². The average molecular weight is 282 g/mol. The number of nitrogens with zero attached hydrogens (tertiary/aromatic N) is 2. The summed E-state index contributed by atoms with van der Waals surface area (Å²) in [6, 6.07) is 4.00. The third-order valence-corrected chi connectivity index (χ3v) is 3.99. The molecule has 0 unspecified atom stereocenters. The van der Waals surface area contributed by atoms with E-state index in [0.29, 0.717) is 0 Å². The van der Waals surface area contributed by atoms with Gasteiger partial charge < -0.3 is 5.32 Å². The first kappa shape index (κ1) is 14.0. The maximum Gasteiger partial charge on any atom is 0.0710 e. The molecule has 0 atom stereocenters. The van der Waals surface area contributed by atoms with E-state index in [0.717, 1.165) is 24.3 Å². The predicted octanol–water partition coefficient (Wildman–Crippen LogP) is 3.45. The minimum atomic E-state index is 0.841. The number of hydrogen-bond acceptors (Lipinski definition) is 3. The Morgan fingerprint density at radius 1 is 1.24 bits per heavy atom. The fraction of sp³-hybridized carbons (Fsp3) is 0.412. The van der Waals surface area contributed by atoms with Crippen LogP contribution in [0.25, 0.3) is 11.3 Å². The van der Waals surface area contributed by atoms with E-state index in [1.807, 2.05) is 18.5 Å². The number of rotatable bonds is 6. The summed E-state index contributed by atoms with van der Waals surface area (Å²) in [5.41, 5.74) is 4.96. The smallest absolute Gasteiger partial charge is 0.0710 e. The van der Waals surface area contributed by atoms with E-state index in [4.69, 9.17) is 0 Å². The van der Waals surface area contributed by atoms with Crippen molar-refractivity contribution in [3.8, 4) is 11.3 Å². The highest BCUT2D eigenvalue weighted by Crippen LogP contribution is 2.21. The van der Waals surface area contributed by atoms with Gasteiger partial charge in [-0.25, -0.2) is 0 Å². The van der Waals surface area contributed by atoms with E-state index < -0.39 is 0 Å². The van der Waals surface area contributed by atoms with Crippen molar-refractivity contribution in [1.29, 1.82) is 0 Å². The van der Waals surface area contributed by atoms with E-state index in [9.17, 15) is 0 Å². The number of aromatic amines is 1. The van der Waals surface area contributed by atoms with E-state index in [-0.39, 0.29) is 0 Å². The van der Waals surface area contributed by atoms with Crippen molar-refractivity contribution in [1.82, 2.24) is 20.5 Å². The first-order valence-corrected chi connectivity index (χ1v) is 7.75. The fourth-order valence-corrected chi connectivity index (χ4v) is 2.81. The van der Waals surface area contributed by atoms with Gasteiger partial charge in [0, 0.05) is 30.1 Å². The van der Waals surface area contributed by atoms with Crippen molar-refractivity contribution >= 4 is 0 Å². The normalized spacial score (nSPS) is 15.0. The third-order valence-electron chi connectivity index (χ3n) is 3.99. The second kappa shape index (κ2) is 7.18. The quantitative estimate of drug-likeness (QED) is 0.630. The van der Waals surface area contributed by atoms with Gasteiger partial charge in [0.1, 0.15) is 0 Å². The summed E-state index contributed by atoms with van der Waals surface area (Å²) in [6.07, 6.45) is 14.4. The minimum Gasteiger partial charge on any atom is -0.312 e. The van der Waals surface area contributed by atoms with Gasteiger partial charge in [0.2, 0.25) is 0 Å². The van der Waals surface area contributed by atoms with E-state index in [1.54, 1.807) is 11.8 Å². The van der Waals surface area contributed by atoms with Crippen LogP contribution in [0.1, 0.15) is 37.7 Å². The van der Waals surface area contributed by atoms with E-state index >= 15 is 0 Å². The van der Waals surface area contributed by atoms with Crippen molar-refractivity contribution in [2.45, 2.75) is 38.6 Å². The molecule has 3 rings (SSSR count). The van der Waals surface area contributed by atoms with Crippen molar-refractivity contribution in [3.05, 3.63) is 47.9 Å². The fourth-order valence-electron chi connectivity index (χ4n) is 2.81.